The van der Waals surface area contributed by atoms with Gasteiger partial charge in [0.25, 0.3) is 5.56 Å². The van der Waals surface area contributed by atoms with E-state index in [2.05, 4.69) is 14.8 Å². The zero-order valence-corrected chi connectivity index (χ0v) is 17.9. The maximum absolute atomic E-state index is 12.7. The number of H-pyrrole nitrogens is 1. The van der Waals surface area contributed by atoms with Crippen molar-refractivity contribution in [2.24, 2.45) is 0 Å². The minimum Gasteiger partial charge on any atom is -0.496 e. The first kappa shape index (κ1) is 20.8. The van der Waals surface area contributed by atoms with Gasteiger partial charge < -0.3 is 19.5 Å². The number of aromatic nitrogens is 2. The predicted molar refractivity (Wildman–Crippen MR) is 114 cm³/mol. The molecule has 1 saturated heterocycles. The maximum Gasteiger partial charge on any atom is 0.255 e. The number of aromatic amines is 1. The molecule has 1 fully saturated rings. The van der Waals surface area contributed by atoms with Crippen LogP contribution in [-0.2, 0) is 30.9 Å². The first-order valence-corrected chi connectivity index (χ1v) is 10.5. The third-order valence-electron chi connectivity index (χ3n) is 5.78. The van der Waals surface area contributed by atoms with Crippen molar-refractivity contribution in [1.29, 1.82) is 0 Å². The van der Waals surface area contributed by atoms with Gasteiger partial charge in [-0.15, -0.1) is 0 Å². The Balaban J connectivity index is 1.53. The van der Waals surface area contributed by atoms with E-state index in [-0.39, 0.29) is 24.4 Å². The Hall–Kier alpha value is -2.42. The molecule has 30 heavy (non-hydrogen) atoms. The fourth-order valence-corrected chi connectivity index (χ4v) is 4.43. The number of nitrogens with zero attached hydrogens (tertiary/aromatic N) is 3. The second-order valence-corrected chi connectivity index (χ2v) is 8.24. The molecule has 0 unspecified atom stereocenters. The number of anilines is 1. The average molecular weight is 415 g/mol. The molecule has 162 valence electrons. The lowest BCUT2D eigenvalue weighted by Gasteiger charge is -2.36. The summed E-state index contributed by atoms with van der Waals surface area (Å²) in [5, 5.41) is 9.58. The summed E-state index contributed by atoms with van der Waals surface area (Å²) in [6, 6.07) is 5.88. The van der Waals surface area contributed by atoms with Crippen molar-refractivity contribution in [2.45, 2.75) is 52.2 Å². The molecule has 1 aromatic heterocycles. The van der Waals surface area contributed by atoms with Crippen LogP contribution in [-0.4, -0.2) is 58.9 Å². The van der Waals surface area contributed by atoms with Crippen molar-refractivity contribution in [2.75, 3.05) is 31.6 Å². The minimum absolute atomic E-state index is 0.0338. The van der Waals surface area contributed by atoms with Gasteiger partial charge in [-0.3, -0.25) is 14.7 Å². The highest BCUT2D eigenvalue weighted by atomic mass is 16.5. The Bertz CT molecular complexity index is 951. The van der Waals surface area contributed by atoms with Gasteiger partial charge in [0.15, 0.2) is 0 Å². The molecule has 2 aliphatic heterocycles. The number of morpholine rings is 1. The second-order valence-electron chi connectivity index (χ2n) is 8.24. The SMILES string of the molecule is COc1ccc(CN2CCc3c(nc(N4C[C@H](C)O[C@@H](C)C4)[nH]c3=O)C2)cc1CO. The Labute approximate surface area is 176 Å². The van der Waals surface area contributed by atoms with Gasteiger partial charge in [0.05, 0.1) is 31.6 Å². The highest BCUT2D eigenvalue weighted by Crippen LogP contribution is 2.24. The van der Waals surface area contributed by atoms with E-state index in [0.717, 1.165) is 35.5 Å². The maximum atomic E-state index is 12.7. The van der Waals surface area contributed by atoms with E-state index < -0.39 is 0 Å². The van der Waals surface area contributed by atoms with Crippen LogP contribution >= 0.6 is 0 Å². The molecule has 0 radical (unpaired) electrons. The normalized spacial score (nSPS) is 22.1. The van der Waals surface area contributed by atoms with Crippen LogP contribution in [0.3, 0.4) is 0 Å². The summed E-state index contributed by atoms with van der Waals surface area (Å²) in [4.78, 5) is 24.9. The number of hydrogen-bond acceptors (Lipinski definition) is 7. The molecule has 3 heterocycles. The number of nitrogens with one attached hydrogen (secondary N) is 1. The van der Waals surface area contributed by atoms with Crippen molar-refractivity contribution in [3.05, 3.63) is 50.9 Å². The molecule has 0 bridgehead atoms. The van der Waals surface area contributed by atoms with Gasteiger partial charge in [-0.05, 0) is 38.0 Å². The summed E-state index contributed by atoms with van der Waals surface area (Å²) in [7, 11) is 1.60. The quantitative estimate of drug-likeness (QED) is 0.765. The Kier molecular flexibility index (Phi) is 6.08. The van der Waals surface area contributed by atoms with Crippen LogP contribution in [0.4, 0.5) is 5.95 Å². The summed E-state index contributed by atoms with van der Waals surface area (Å²) in [6.45, 7) is 7.59. The number of methoxy groups -OCH3 is 1. The molecule has 2 aliphatic rings. The zero-order chi connectivity index (χ0) is 21.3. The van der Waals surface area contributed by atoms with Crippen molar-refractivity contribution in [3.8, 4) is 5.75 Å². The first-order chi connectivity index (χ1) is 14.5. The number of rotatable bonds is 5. The fraction of sp³-hybridized carbons (Fsp3) is 0.545. The lowest BCUT2D eigenvalue weighted by molar-refractivity contribution is -0.00576. The predicted octanol–water partition coefficient (Wildman–Crippen LogP) is 1.44. The lowest BCUT2D eigenvalue weighted by Crippen LogP contribution is -2.47. The Morgan fingerprint density at radius 3 is 2.77 bits per heavy atom. The molecular weight excluding hydrogens is 384 g/mol. The summed E-state index contributed by atoms with van der Waals surface area (Å²) in [6.07, 6.45) is 0.876. The van der Waals surface area contributed by atoms with E-state index in [9.17, 15) is 9.90 Å². The van der Waals surface area contributed by atoms with Gasteiger partial charge in [-0.25, -0.2) is 4.98 Å². The molecular formula is C22H30N4O4. The molecule has 2 atom stereocenters. The van der Waals surface area contributed by atoms with Gasteiger partial charge in [0.1, 0.15) is 5.75 Å². The van der Waals surface area contributed by atoms with Crippen molar-refractivity contribution >= 4 is 5.95 Å². The first-order valence-electron chi connectivity index (χ1n) is 10.5. The molecule has 0 spiro atoms. The standard InChI is InChI=1S/C22H30N4O4/c1-14-9-26(10-15(2)30-14)22-23-19-12-25(7-6-18(19)21(28)24-22)11-16-4-5-20(29-3)17(8-16)13-27/h4-5,8,14-15,27H,6-7,9-13H2,1-3H3,(H,23,24,28)/t14-,15-/m0/s1. The second kappa shape index (κ2) is 8.75. The molecule has 2 N–H and O–H groups in total. The third-order valence-corrected chi connectivity index (χ3v) is 5.78. The largest absolute Gasteiger partial charge is 0.496 e. The van der Waals surface area contributed by atoms with Crippen LogP contribution in [0.25, 0.3) is 0 Å². The number of aliphatic hydroxyl groups excluding tert-OH is 1. The monoisotopic (exact) mass is 414 g/mol. The molecule has 4 rings (SSSR count). The van der Waals surface area contributed by atoms with Gasteiger partial charge in [0.2, 0.25) is 5.95 Å². The van der Waals surface area contributed by atoms with Crippen molar-refractivity contribution in [3.63, 3.8) is 0 Å². The van der Waals surface area contributed by atoms with E-state index in [1.54, 1.807) is 7.11 Å². The number of hydrogen-bond donors (Lipinski definition) is 2. The number of benzene rings is 1. The summed E-state index contributed by atoms with van der Waals surface area (Å²) in [5.41, 5.74) is 3.48. The average Bonchev–Trinajstić information content (AvgIpc) is 2.72. The molecule has 8 heteroatoms. The van der Waals surface area contributed by atoms with Crippen molar-refractivity contribution < 1.29 is 14.6 Å². The van der Waals surface area contributed by atoms with E-state index in [0.29, 0.717) is 37.8 Å². The smallest absolute Gasteiger partial charge is 0.255 e. The third kappa shape index (κ3) is 4.35. The topological polar surface area (TPSA) is 90.9 Å². The van der Waals surface area contributed by atoms with Crippen LogP contribution in [0, 0.1) is 0 Å². The fourth-order valence-electron chi connectivity index (χ4n) is 4.43. The zero-order valence-electron chi connectivity index (χ0n) is 17.9. The van der Waals surface area contributed by atoms with Crippen LogP contribution < -0.4 is 15.2 Å². The molecule has 2 aromatic rings. The molecule has 0 saturated carbocycles. The van der Waals surface area contributed by atoms with Crippen LogP contribution in [0.15, 0.2) is 23.0 Å². The van der Waals surface area contributed by atoms with Crippen molar-refractivity contribution in [1.82, 2.24) is 14.9 Å². The van der Waals surface area contributed by atoms with Gasteiger partial charge in [-0.2, -0.15) is 0 Å². The lowest BCUT2D eigenvalue weighted by atomic mass is 10.0. The van der Waals surface area contributed by atoms with Crippen LogP contribution in [0.2, 0.25) is 0 Å². The molecule has 0 aliphatic carbocycles. The summed E-state index contributed by atoms with van der Waals surface area (Å²) >= 11 is 0. The van der Waals surface area contributed by atoms with E-state index >= 15 is 0 Å². The number of aliphatic hydroxyl groups is 1. The van der Waals surface area contributed by atoms with Crippen LogP contribution in [0.1, 0.15) is 36.2 Å². The molecule has 8 nitrogen and oxygen atoms in total. The number of fused-ring (bicyclic) bond motifs is 1. The van der Waals surface area contributed by atoms with Gasteiger partial charge in [-0.1, -0.05) is 6.07 Å². The highest BCUT2D eigenvalue weighted by molar-refractivity contribution is 5.38. The van der Waals surface area contributed by atoms with Crippen LogP contribution in [0.5, 0.6) is 5.75 Å². The minimum atomic E-state index is -0.0590. The Morgan fingerprint density at radius 2 is 2.07 bits per heavy atom. The Morgan fingerprint density at radius 1 is 1.30 bits per heavy atom. The summed E-state index contributed by atoms with van der Waals surface area (Å²) in [5.74, 6) is 1.33. The molecule has 0 amide bonds. The molecule has 1 aromatic carbocycles. The highest BCUT2D eigenvalue weighted by Gasteiger charge is 2.27. The van der Waals surface area contributed by atoms with E-state index in [1.807, 2.05) is 32.0 Å². The van der Waals surface area contributed by atoms with E-state index in [4.69, 9.17) is 14.5 Å². The van der Waals surface area contributed by atoms with Gasteiger partial charge in [0, 0.05) is 43.9 Å². The summed E-state index contributed by atoms with van der Waals surface area (Å²) < 4.78 is 11.1. The van der Waals surface area contributed by atoms with E-state index in [1.165, 1.54) is 0 Å². The number of ether oxygens (including phenoxy) is 2. The van der Waals surface area contributed by atoms with Gasteiger partial charge >= 0.3 is 0 Å².